The van der Waals surface area contributed by atoms with Gasteiger partial charge in [0.25, 0.3) is 0 Å². The maximum Gasteiger partial charge on any atom is 0.407 e. The van der Waals surface area contributed by atoms with Gasteiger partial charge in [0.05, 0.1) is 12.6 Å². The Morgan fingerprint density at radius 1 is 1.29 bits per heavy atom. The predicted molar refractivity (Wildman–Crippen MR) is 83.1 cm³/mol. The highest BCUT2D eigenvalue weighted by Gasteiger charge is 2.17. The van der Waals surface area contributed by atoms with Crippen molar-refractivity contribution in [2.75, 3.05) is 13.2 Å². The van der Waals surface area contributed by atoms with Crippen LogP contribution in [-0.4, -0.2) is 36.0 Å². The van der Waals surface area contributed by atoms with Gasteiger partial charge in [-0.05, 0) is 33.3 Å². The van der Waals surface area contributed by atoms with Gasteiger partial charge < -0.3 is 20.5 Å². The number of carbonyl (C=O) groups excluding carboxylic acids is 1. The zero-order chi connectivity index (χ0) is 15.9. The molecule has 1 aromatic carbocycles. The molecule has 3 N–H and O–H groups in total. The summed E-state index contributed by atoms with van der Waals surface area (Å²) in [6, 6.07) is 9.58. The van der Waals surface area contributed by atoms with Crippen molar-refractivity contribution in [1.82, 2.24) is 10.6 Å². The number of carbonyl (C=O) groups is 1. The van der Waals surface area contributed by atoms with Crippen LogP contribution in [0.25, 0.3) is 0 Å². The van der Waals surface area contributed by atoms with Crippen molar-refractivity contribution in [1.29, 1.82) is 0 Å². The molecule has 0 aliphatic rings. The third kappa shape index (κ3) is 7.11. The Balaban J connectivity index is 2.42. The van der Waals surface area contributed by atoms with Gasteiger partial charge in [-0.2, -0.15) is 0 Å². The number of amides is 1. The molecular formula is C16H26N2O3. The Morgan fingerprint density at radius 3 is 2.43 bits per heavy atom. The predicted octanol–water partition coefficient (Wildman–Crippen LogP) is 2.22. The molecule has 1 rings (SSSR count). The maximum atomic E-state index is 11.6. The first-order chi connectivity index (χ1) is 9.81. The lowest BCUT2D eigenvalue weighted by Gasteiger charge is -2.24. The van der Waals surface area contributed by atoms with Gasteiger partial charge in [0.15, 0.2) is 0 Å². The van der Waals surface area contributed by atoms with E-state index in [-0.39, 0.29) is 18.7 Å². The molecular weight excluding hydrogens is 268 g/mol. The number of benzene rings is 1. The molecule has 0 heterocycles. The number of ether oxygens (including phenoxy) is 1. The minimum atomic E-state index is -0.502. The molecule has 5 nitrogen and oxygen atoms in total. The van der Waals surface area contributed by atoms with Crippen molar-refractivity contribution in [3.8, 4) is 0 Å². The summed E-state index contributed by atoms with van der Waals surface area (Å²) in [5.41, 5.74) is 0.516. The Labute approximate surface area is 126 Å². The molecule has 2 atom stereocenters. The molecule has 0 radical (unpaired) electrons. The van der Waals surface area contributed by atoms with Crippen LogP contribution in [0.15, 0.2) is 30.3 Å². The van der Waals surface area contributed by atoms with Crippen molar-refractivity contribution in [2.45, 2.75) is 45.4 Å². The first kappa shape index (κ1) is 17.5. The molecule has 0 spiro atoms. The third-order valence-electron chi connectivity index (χ3n) is 2.82. The average molecular weight is 294 g/mol. The molecule has 0 bridgehead atoms. The van der Waals surface area contributed by atoms with Crippen molar-refractivity contribution in [3.05, 3.63) is 35.9 Å². The van der Waals surface area contributed by atoms with Gasteiger partial charge in [0, 0.05) is 12.6 Å². The summed E-state index contributed by atoms with van der Waals surface area (Å²) in [5, 5.41) is 15.5. The lowest BCUT2D eigenvalue weighted by atomic mass is 10.1. The fourth-order valence-electron chi connectivity index (χ4n) is 1.89. The van der Waals surface area contributed by atoms with E-state index in [0.29, 0.717) is 6.54 Å². The average Bonchev–Trinajstić information content (AvgIpc) is 2.41. The SMILES string of the molecule is CC(CNC(=O)OC(C)(C)C)N[C@@H](CO)c1ccccc1. The fraction of sp³-hybridized carbons (Fsp3) is 0.562. The van der Waals surface area contributed by atoms with Crippen LogP contribution in [0.4, 0.5) is 4.79 Å². The van der Waals surface area contributed by atoms with E-state index in [2.05, 4.69) is 10.6 Å². The van der Waals surface area contributed by atoms with Gasteiger partial charge in [-0.15, -0.1) is 0 Å². The van der Waals surface area contributed by atoms with E-state index in [1.165, 1.54) is 0 Å². The van der Waals surface area contributed by atoms with E-state index in [9.17, 15) is 9.90 Å². The molecule has 1 unspecified atom stereocenters. The minimum Gasteiger partial charge on any atom is -0.444 e. The second kappa shape index (κ2) is 8.00. The highest BCUT2D eigenvalue weighted by Crippen LogP contribution is 2.12. The summed E-state index contributed by atoms with van der Waals surface area (Å²) >= 11 is 0. The zero-order valence-corrected chi connectivity index (χ0v) is 13.2. The standard InChI is InChI=1S/C16H26N2O3/c1-12(10-17-15(20)21-16(2,3)4)18-14(11-19)13-8-6-5-7-9-13/h5-9,12,14,18-19H,10-11H2,1-4H3,(H,17,20)/t12?,14-/m0/s1. The first-order valence-electron chi connectivity index (χ1n) is 7.20. The van der Waals surface area contributed by atoms with Crippen LogP contribution in [0.3, 0.4) is 0 Å². The number of nitrogens with one attached hydrogen (secondary N) is 2. The van der Waals surface area contributed by atoms with E-state index >= 15 is 0 Å². The molecule has 0 aliphatic heterocycles. The van der Waals surface area contributed by atoms with Crippen LogP contribution in [0.2, 0.25) is 0 Å². The Bertz CT molecular complexity index is 429. The third-order valence-corrected chi connectivity index (χ3v) is 2.82. The number of rotatable bonds is 6. The molecule has 5 heteroatoms. The number of hydrogen-bond acceptors (Lipinski definition) is 4. The topological polar surface area (TPSA) is 70.6 Å². The summed E-state index contributed by atoms with van der Waals surface area (Å²) in [6.07, 6.45) is -0.434. The van der Waals surface area contributed by atoms with E-state index in [0.717, 1.165) is 5.56 Å². The van der Waals surface area contributed by atoms with Crippen molar-refractivity contribution < 1.29 is 14.6 Å². The Morgan fingerprint density at radius 2 is 1.90 bits per heavy atom. The summed E-state index contributed by atoms with van der Waals surface area (Å²) < 4.78 is 5.18. The maximum absolute atomic E-state index is 11.6. The molecule has 1 aromatic rings. The smallest absolute Gasteiger partial charge is 0.407 e. The normalized spacial score (nSPS) is 14.3. The second-order valence-electron chi connectivity index (χ2n) is 6.10. The van der Waals surface area contributed by atoms with E-state index in [1.807, 2.05) is 58.0 Å². The largest absolute Gasteiger partial charge is 0.444 e. The number of aliphatic hydroxyl groups is 1. The molecule has 0 aromatic heterocycles. The highest BCUT2D eigenvalue weighted by molar-refractivity contribution is 5.67. The summed E-state index contributed by atoms with van der Waals surface area (Å²) in [5.74, 6) is 0. The Hall–Kier alpha value is -1.59. The van der Waals surface area contributed by atoms with Crippen LogP contribution < -0.4 is 10.6 Å². The van der Waals surface area contributed by atoms with Crippen LogP contribution >= 0.6 is 0 Å². The molecule has 0 saturated heterocycles. The van der Waals surface area contributed by atoms with Gasteiger partial charge in [-0.1, -0.05) is 30.3 Å². The summed E-state index contributed by atoms with van der Waals surface area (Å²) in [4.78, 5) is 11.6. The molecule has 118 valence electrons. The van der Waals surface area contributed by atoms with E-state index < -0.39 is 11.7 Å². The Kier molecular flexibility index (Phi) is 6.65. The zero-order valence-electron chi connectivity index (χ0n) is 13.2. The molecule has 21 heavy (non-hydrogen) atoms. The summed E-state index contributed by atoms with van der Waals surface area (Å²) in [7, 11) is 0. The first-order valence-corrected chi connectivity index (χ1v) is 7.20. The number of hydrogen-bond donors (Lipinski definition) is 3. The molecule has 0 fully saturated rings. The van der Waals surface area contributed by atoms with Gasteiger partial charge in [0.2, 0.25) is 0 Å². The van der Waals surface area contributed by atoms with Gasteiger partial charge >= 0.3 is 6.09 Å². The van der Waals surface area contributed by atoms with Gasteiger partial charge in [-0.25, -0.2) is 4.79 Å². The van der Waals surface area contributed by atoms with Crippen LogP contribution in [0, 0.1) is 0 Å². The van der Waals surface area contributed by atoms with Gasteiger partial charge in [0.1, 0.15) is 5.60 Å². The van der Waals surface area contributed by atoms with E-state index in [1.54, 1.807) is 0 Å². The quantitative estimate of drug-likeness (QED) is 0.752. The van der Waals surface area contributed by atoms with Crippen LogP contribution in [0.1, 0.15) is 39.3 Å². The monoisotopic (exact) mass is 294 g/mol. The number of alkyl carbamates (subject to hydrolysis) is 1. The summed E-state index contributed by atoms with van der Waals surface area (Å²) in [6.45, 7) is 7.85. The van der Waals surface area contributed by atoms with Crippen LogP contribution in [-0.2, 0) is 4.74 Å². The van der Waals surface area contributed by atoms with Crippen molar-refractivity contribution >= 4 is 6.09 Å². The molecule has 0 aliphatic carbocycles. The van der Waals surface area contributed by atoms with Gasteiger partial charge in [-0.3, -0.25) is 0 Å². The lowest BCUT2D eigenvalue weighted by molar-refractivity contribution is 0.0522. The van der Waals surface area contributed by atoms with E-state index in [4.69, 9.17) is 4.74 Å². The van der Waals surface area contributed by atoms with Crippen LogP contribution in [0.5, 0.6) is 0 Å². The second-order valence-corrected chi connectivity index (χ2v) is 6.10. The minimum absolute atomic E-state index is 0.000785. The van der Waals surface area contributed by atoms with Crippen molar-refractivity contribution in [3.63, 3.8) is 0 Å². The number of aliphatic hydroxyl groups excluding tert-OH is 1. The highest BCUT2D eigenvalue weighted by atomic mass is 16.6. The van der Waals surface area contributed by atoms with Crippen molar-refractivity contribution in [2.24, 2.45) is 0 Å². The molecule has 0 saturated carbocycles. The molecule has 1 amide bonds. The lowest BCUT2D eigenvalue weighted by Crippen LogP contribution is -2.43. The fourth-order valence-corrected chi connectivity index (χ4v) is 1.89.